The fourth-order valence-corrected chi connectivity index (χ4v) is 1.68. The molecule has 0 aliphatic carbocycles. The Labute approximate surface area is 82.1 Å². The second-order valence-corrected chi connectivity index (χ2v) is 3.56. The summed E-state index contributed by atoms with van der Waals surface area (Å²) in [6, 6.07) is 7.71. The van der Waals surface area contributed by atoms with E-state index in [-0.39, 0.29) is 5.88 Å². The molecular weight excluding hydrogens is 188 g/mol. The topological polar surface area (TPSA) is 29.5 Å². The molecule has 70 valence electrons. The SMILES string of the molecule is OC1(CCl)CCc2ccccc2O1. The van der Waals surface area contributed by atoms with E-state index in [1.807, 2.05) is 24.3 Å². The lowest BCUT2D eigenvalue weighted by Gasteiger charge is -2.32. The molecular formula is C10H11ClO2. The van der Waals surface area contributed by atoms with Crippen LogP contribution in [0.5, 0.6) is 5.75 Å². The number of hydrogen-bond acceptors (Lipinski definition) is 2. The van der Waals surface area contributed by atoms with Gasteiger partial charge in [0.1, 0.15) is 5.75 Å². The van der Waals surface area contributed by atoms with Gasteiger partial charge in [0, 0.05) is 6.42 Å². The van der Waals surface area contributed by atoms with Crippen LogP contribution >= 0.6 is 11.6 Å². The van der Waals surface area contributed by atoms with Gasteiger partial charge in [-0.05, 0) is 18.1 Å². The Kier molecular flexibility index (Phi) is 2.18. The quantitative estimate of drug-likeness (QED) is 0.699. The van der Waals surface area contributed by atoms with Crippen molar-refractivity contribution in [3.63, 3.8) is 0 Å². The van der Waals surface area contributed by atoms with Crippen LogP contribution in [0, 0.1) is 0 Å². The monoisotopic (exact) mass is 198 g/mol. The lowest BCUT2D eigenvalue weighted by atomic mass is 10.0. The number of benzene rings is 1. The highest BCUT2D eigenvalue weighted by Crippen LogP contribution is 2.32. The molecule has 13 heavy (non-hydrogen) atoms. The summed E-state index contributed by atoms with van der Waals surface area (Å²) < 4.78 is 5.39. The van der Waals surface area contributed by atoms with Crippen molar-refractivity contribution in [1.29, 1.82) is 0 Å². The average molecular weight is 199 g/mol. The van der Waals surface area contributed by atoms with Gasteiger partial charge in [0.25, 0.3) is 0 Å². The molecule has 1 atom stereocenters. The first-order chi connectivity index (χ1) is 6.23. The third-order valence-electron chi connectivity index (χ3n) is 2.27. The highest BCUT2D eigenvalue weighted by Gasteiger charge is 2.32. The fraction of sp³-hybridized carbons (Fsp3) is 0.400. The number of halogens is 1. The summed E-state index contributed by atoms with van der Waals surface area (Å²) in [5.74, 6) is -0.311. The van der Waals surface area contributed by atoms with E-state index in [1.54, 1.807) is 0 Å². The van der Waals surface area contributed by atoms with Gasteiger partial charge in [-0.2, -0.15) is 0 Å². The first kappa shape index (κ1) is 8.85. The van der Waals surface area contributed by atoms with Crippen LogP contribution < -0.4 is 4.74 Å². The van der Waals surface area contributed by atoms with Gasteiger partial charge < -0.3 is 9.84 Å². The van der Waals surface area contributed by atoms with E-state index in [2.05, 4.69) is 0 Å². The lowest BCUT2D eigenvalue weighted by Crippen LogP contribution is -2.41. The van der Waals surface area contributed by atoms with Crippen molar-refractivity contribution in [1.82, 2.24) is 0 Å². The highest BCUT2D eigenvalue weighted by molar-refractivity contribution is 6.18. The summed E-state index contributed by atoms with van der Waals surface area (Å²) >= 11 is 5.61. The third-order valence-corrected chi connectivity index (χ3v) is 2.68. The summed E-state index contributed by atoms with van der Waals surface area (Å²) in [7, 11) is 0. The zero-order chi connectivity index (χ0) is 9.31. The number of fused-ring (bicyclic) bond motifs is 1. The molecule has 3 heteroatoms. The van der Waals surface area contributed by atoms with E-state index in [1.165, 1.54) is 0 Å². The maximum absolute atomic E-state index is 9.77. The molecule has 0 saturated carbocycles. The minimum atomic E-state index is -1.17. The first-order valence-corrected chi connectivity index (χ1v) is 4.82. The molecule has 1 aromatic rings. The second kappa shape index (κ2) is 3.20. The summed E-state index contributed by atoms with van der Waals surface area (Å²) in [4.78, 5) is 0. The number of alkyl halides is 1. The normalized spacial score (nSPS) is 26.3. The summed E-state index contributed by atoms with van der Waals surface area (Å²) in [6.45, 7) is 0. The van der Waals surface area contributed by atoms with Gasteiger partial charge in [0.15, 0.2) is 0 Å². The molecule has 2 nitrogen and oxygen atoms in total. The zero-order valence-electron chi connectivity index (χ0n) is 7.16. The molecule has 0 saturated heterocycles. The fourth-order valence-electron chi connectivity index (χ4n) is 1.49. The average Bonchev–Trinajstić information content (AvgIpc) is 2.18. The van der Waals surface area contributed by atoms with Crippen molar-refractivity contribution in [2.45, 2.75) is 18.6 Å². The molecule has 0 radical (unpaired) electrons. The van der Waals surface area contributed by atoms with E-state index in [9.17, 15) is 5.11 Å². The number of ether oxygens (including phenoxy) is 1. The van der Waals surface area contributed by atoms with E-state index in [4.69, 9.17) is 16.3 Å². The Morgan fingerprint density at radius 3 is 3.00 bits per heavy atom. The smallest absolute Gasteiger partial charge is 0.222 e. The molecule has 1 aliphatic rings. The summed E-state index contributed by atoms with van der Waals surface area (Å²) in [5.41, 5.74) is 1.14. The zero-order valence-corrected chi connectivity index (χ0v) is 7.92. The lowest BCUT2D eigenvalue weighted by molar-refractivity contribution is -0.130. The van der Waals surface area contributed by atoms with E-state index in [0.717, 1.165) is 17.7 Å². The van der Waals surface area contributed by atoms with Crippen LogP contribution in [0.4, 0.5) is 0 Å². The van der Waals surface area contributed by atoms with Gasteiger partial charge in [-0.25, -0.2) is 0 Å². The van der Waals surface area contributed by atoms with Crippen molar-refractivity contribution >= 4 is 11.6 Å². The van der Waals surface area contributed by atoms with Crippen LogP contribution in [0.25, 0.3) is 0 Å². The Morgan fingerprint density at radius 2 is 2.23 bits per heavy atom. The number of para-hydroxylation sites is 1. The van der Waals surface area contributed by atoms with Crippen LogP contribution in [0.3, 0.4) is 0 Å². The van der Waals surface area contributed by atoms with Crippen LogP contribution in [0.15, 0.2) is 24.3 Å². The molecule has 2 rings (SSSR count). The van der Waals surface area contributed by atoms with E-state index >= 15 is 0 Å². The number of rotatable bonds is 1. The summed E-state index contributed by atoms with van der Waals surface area (Å²) in [5, 5.41) is 9.77. The van der Waals surface area contributed by atoms with Crippen LogP contribution in [0.1, 0.15) is 12.0 Å². The Hall–Kier alpha value is -0.730. The van der Waals surface area contributed by atoms with Gasteiger partial charge in [-0.1, -0.05) is 18.2 Å². The van der Waals surface area contributed by atoms with E-state index in [0.29, 0.717) is 6.42 Å². The van der Waals surface area contributed by atoms with Crippen molar-refractivity contribution < 1.29 is 9.84 Å². The molecule has 0 fully saturated rings. The minimum Gasteiger partial charge on any atom is -0.461 e. The molecule has 1 unspecified atom stereocenters. The third kappa shape index (κ3) is 1.64. The Balaban J connectivity index is 2.29. The molecule has 0 bridgehead atoms. The van der Waals surface area contributed by atoms with E-state index < -0.39 is 5.79 Å². The Bertz CT molecular complexity index is 314. The Morgan fingerprint density at radius 1 is 1.46 bits per heavy atom. The molecule has 1 heterocycles. The molecule has 1 N–H and O–H groups in total. The van der Waals surface area contributed by atoms with Crippen LogP contribution in [-0.4, -0.2) is 16.8 Å². The second-order valence-electron chi connectivity index (χ2n) is 3.29. The number of aliphatic hydroxyl groups is 1. The maximum atomic E-state index is 9.77. The van der Waals surface area contributed by atoms with Crippen LogP contribution in [0.2, 0.25) is 0 Å². The molecule has 0 spiro atoms. The van der Waals surface area contributed by atoms with Gasteiger partial charge in [0.05, 0.1) is 5.88 Å². The summed E-state index contributed by atoms with van der Waals surface area (Å²) in [6.07, 6.45) is 1.38. The highest BCUT2D eigenvalue weighted by atomic mass is 35.5. The van der Waals surface area contributed by atoms with Gasteiger partial charge in [-0.15, -0.1) is 11.6 Å². The maximum Gasteiger partial charge on any atom is 0.222 e. The van der Waals surface area contributed by atoms with Crippen molar-refractivity contribution in [3.05, 3.63) is 29.8 Å². The van der Waals surface area contributed by atoms with Gasteiger partial charge >= 0.3 is 0 Å². The molecule has 1 aromatic carbocycles. The molecule has 1 aliphatic heterocycles. The van der Waals surface area contributed by atoms with Gasteiger partial charge in [-0.3, -0.25) is 0 Å². The first-order valence-electron chi connectivity index (χ1n) is 4.29. The minimum absolute atomic E-state index is 0.112. The van der Waals surface area contributed by atoms with Crippen molar-refractivity contribution in [3.8, 4) is 5.75 Å². The largest absolute Gasteiger partial charge is 0.461 e. The van der Waals surface area contributed by atoms with Crippen molar-refractivity contribution in [2.75, 3.05) is 5.88 Å². The number of hydrogen-bond donors (Lipinski definition) is 1. The molecule has 0 aromatic heterocycles. The molecule has 0 amide bonds. The predicted octanol–water partition coefficient (Wildman–Crippen LogP) is 1.94. The number of aryl methyl sites for hydroxylation is 1. The van der Waals surface area contributed by atoms with Crippen molar-refractivity contribution in [2.24, 2.45) is 0 Å². The van der Waals surface area contributed by atoms with Crippen LogP contribution in [-0.2, 0) is 6.42 Å². The standard InChI is InChI=1S/C10H11ClO2/c11-7-10(12)6-5-8-3-1-2-4-9(8)13-10/h1-4,12H,5-7H2. The predicted molar refractivity (Wildman–Crippen MR) is 51.1 cm³/mol. The van der Waals surface area contributed by atoms with Gasteiger partial charge in [0.2, 0.25) is 5.79 Å².